The molecule has 0 radical (unpaired) electrons. The van der Waals surface area contributed by atoms with E-state index in [4.69, 9.17) is 15.2 Å². The van der Waals surface area contributed by atoms with Gasteiger partial charge >= 0.3 is 6.18 Å². The Morgan fingerprint density at radius 1 is 1.18 bits per heavy atom. The summed E-state index contributed by atoms with van der Waals surface area (Å²) in [5.74, 6) is -10.2. The van der Waals surface area contributed by atoms with Crippen molar-refractivity contribution in [2.75, 3.05) is 12.4 Å². The minimum atomic E-state index is -4.97. The molecule has 2 amide bonds. The topological polar surface area (TPSA) is 104 Å². The fourth-order valence-corrected chi connectivity index (χ4v) is 3.96. The van der Waals surface area contributed by atoms with Crippen LogP contribution >= 0.6 is 0 Å². The standard InChI is InChI=1S/C21H19F6N3O4/c1-8-12(9-4-5-10(22)13(23)16(9)33-3)17(34-20(8,2)21(25,26)27)19(32)30-11-6-7-29-15(14(11)24)18(28)31/h4-8,12,17H,1-3H3,(H2,28,31)(H,29,30,32)/t8-,12+,17-,20+/m0/s1. The van der Waals surface area contributed by atoms with E-state index >= 15 is 0 Å². The third-order valence-corrected chi connectivity index (χ3v) is 5.95. The van der Waals surface area contributed by atoms with E-state index in [2.05, 4.69) is 10.3 Å². The van der Waals surface area contributed by atoms with Gasteiger partial charge in [0.05, 0.1) is 12.8 Å². The quantitative estimate of drug-likeness (QED) is 0.622. The number of halogens is 6. The molecule has 1 fully saturated rings. The van der Waals surface area contributed by atoms with Crippen LogP contribution in [0.1, 0.15) is 35.8 Å². The maximum absolute atomic E-state index is 14.5. The van der Waals surface area contributed by atoms with Crippen LogP contribution in [-0.4, -0.2) is 41.8 Å². The van der Waals surface area contributed by atoms with Crippen molar-refractivity contribution >= 4 is 17.5 Å². The molecular formula is C21H19F6N3O4. The number of benzene rings is 1. The minimum absolute atomic E-state index is 0.255. The number of anilines is 1. The number of pyridine rings is 1. The van der Waals surface area contributed by atoms with Crippen molar-refractivity contribution < 1.29 is 45.4 Å². The maximum atomic E-state index is 14.5. The summed E-state index contributed by atoms with van der Waals surface area (Å²) in [6.45, 7) is 1.84. The van der Waals surface area contributed by atoms with E-state index < -0.39 is 76.1 Å². The highest BCUT2D eigenvalue weighted by atomic mass is 19.4. The first-order valence-electron chi connectivity index (χ1n) is 9.76. The molecule has 13 heteroatoms. The first-order valence-corrected chi connectivity index (χ1v) is 9.76. The molecule has 4 atom stereocenters. The van der Waals surface area contributed by atoms with E-state index in [0.717, 1.165) is 32.4 Å². The summed E-state index contributed by atoms with van der Waals surface area (Å²) < 4.78 is 94.5. The zero-order chi connectivity index (χ0) is 25.6. The third kappa shape index (κ3) is 4.04. The summed E-state index contributed by atoms with van der Waals surface area (Å²) in [7, 11) is 0.984. The molecule has 7 nitrogen and oxygen atoms in total. The molecule has 0 bridgehead atoms. The lowest BCUT2D eigenvalue weighted by atomic mass is 9.77. The molecule has 0 unspecified atom stereocenters. The van der Waals surface area contributed by atoms with Gasteiger partial charge in [0.2, 0.25) is 5.82 Å². The highest BCUT2D eigenvalue weighted by Crippen LogP contribution is 2.55. The molecule has 0 spiro atoms. The molecule has 2 aromatic rings. The SMILES string of the molecule is COc1c([C@@H]2[C@@H](C(=O)Nc3ccnc(C(N)=O)c3F)O[C@@](C)(C(F)(F)F)[C@H]2C)ccc(F)c1F. The Labute approximate surface area is 189 Å². The number of carbonyl (C=O) groups excluding carboxylic acids is 2. The summed E-state index contributed by atoms with van der Waals surface area (Å²) in [6.07, 6.45) is -5.95. The van der Waals surface area contributed by atoms with Gasteiger partial charge in [-0.2, -0.15) is 17.6 Å². The number of nitrogens with one attached hydrogen (secondary N) is 1. The predicted molar refractivity (Wildman–Crippen MR) is 105 cm³/mol. The van der Waals surface area contributed by atoms with Crippen LogP contribution in [0.15, 0.2) is 24.4 Å². The van der Waals surface area contributed by atoms with Crippen molar-refractivity contribution in [3.63, 3.8) is 0 Å². The molecule has 184 valence electrons. The molecule has 0 aliphatic carbocycles. The number of amides is 2. The van der Waals surface area contributed by atoms with Crippen LogP contribution in [0.4, 0.5) is 32.0 Å². The molecule has 3 rings (SSSR count). The molecule has 3 N–H and O–H groups in total. The highest BCUT2D eigenvalue weighted by Gasteiger charge is 2.66. The van der Waals surface area contributed by atoms with Crippen LogP contribution in [0, 0.1) is 23.4 Å². The van der Waals surface area contributed by atoms with E-state index in [1.807, 2.05) is 0 Å². The van der Waals surface area contributed by atoms with E-state index in [1.165, 1.54) is 0 Å². The summed E-state index contributed by atoms with van der Waals surface area (Å²) >= 11 is 0. The number of carbonyl (C=O) groups is 2. The van der Waals surface area contributed by atoms with Crippen molar-refractivity contribution in [1.29, 1.82) is 0 Å². The Hall–Kier alpha value is -3.35. The number of nitrogens with two attached hydrogens (primary N) is 1. The van der Waals surface area contributed by atoms with Gasteiger partial charge in [0.1, 0.15) is 6.10 Å². The van der Waals surface area contributed by atoms with Gasteiger partial charge in [-0.05, 0) is 19.1 Å². The second kappa shape index (κ2) is 8.78. The number of ether oxygens (including phenoxy) is 2. The van der Waals surface area contributed by atoms with Gasteiger partial charge in [-0.25, -0.2) is 13.8 Å². The van der Waals surface area contributed by atoms with Crippen LogP contribution in [0.25, 0.3) is 0 Å². The number of primary amides is 1. The molecule has 1 aliphatic rings. The molecule has 1 aromatic carbocycles. The lowest BCUT2D eigenvalue weighted by molar-refractivity contribution is -0.272. The van der Waals surface area contributed by atoms with Crippen molar-refractivity contribution in [1.82, 2.24) is 4.98 Å². The third-order valence-electron chi connectivity index (χ3n) is 5.95. The largest absolute Gasteiger partial charge is 0.493 e. The predicted octanol–water partition coefficient (Wildman–Crippen LogP) is 3.68. The Balaban J connectivity index is 2.11. The van der Waals surface area contributed by atoms with Crippen molar-refractivity contribution in [2.24, 2.45) is 11.7 Å². The van der Waals surface area contributed by atoms with Gasteiger partial charge in [0, 0.05) is 23.6 Å². The number of hydrogen-bond acceptors (Lipinski definition) is 5. The van der Waals surface area contributed by atoms with E-state index in [9.17, 15) is 35.9 Å². The van der Waals surface area contributed by atoms with Crippen LogP contribution in [0.5, 0.6) is 5.75 Å². The average Bonchev–Trinajstić information content (AvgIpc) is 3.03. The van der Waals surface area contributed by atoms with Crippen molar-refractivity contribution in [2.45, 2.75) is 37.6 Å². The number of aromatic nitrogens is 1. The lowest BCUT2D eigenvalue weighted by Gasteiger charge is -2.32. The molecule has 1 saturated heterocycles. The zero-order valence-electron chi connectivity index (χ0n) is 18.0. The van der Waals surface area contributed by atoms with Crippen LogP contribution in [0.2, 0.25) is 0 Å². The van der Waals surface area contributed by atoms with Crippen LogP contribution in [-0.2, 0) is 9.53 Å². The van der Waals surface area contributed by atoms with Crippen molar-refractivity contribution in [3.8, 4) is 5.75 Å². The van der Waals surface area contributed by atoms with E-state index in [0.29, 0.717) is 13.0 Å². The zero-order valence-corrected chi connectivity index (χ0v) is 18.0. The Morgan fingerprint density at radius 2 is 1.82 bits per heavy atom. The summed E-state index contributed by atoms with van der Waals surface area (Å²) in [5.41, 5.74) is 0.468. The second-order valence-corrected chi connectivity index (χ2v) is 7.82. The highest BCUT2D eigenvalue weighted by molar-refractivity contribution is 5.97. The molecule has 1 aromatic heterocycles. The minimum Gasteiger partial charge on any atom is -0.493 e. The lowest BCUT2D eigenvalue weighted by Crippen LogP contribution is -2.47. The number of hydrogen-bond donors (Lipinski definition) is 2. The van der Waals surface area contributed by atoms with Crippen molar-refractivity contribution in [3.05, 3.63) is 53.1 Å². The van der Waals surface area contributed by atoms with Gasteiger partial charge in [-0.3, -0.25) is 9.59 Å². The number of nitrogens with zero attached hydrogens (tertiary/aromatic N) is 1. The maximum Gasteiger partial charge on any atom is 0.417 e. The van der Waals surface area contributed by atoms with Gasteiger partial charge in [0.25, 0.3) is 11.8 Å². The molecule has 2 heterocycles. The van der Waals surface area contributed by atoms with Crippen LogP contribution < -0.4 is 15.8 Å². The second-order valence-electron chi connectivity index (χ2n) is 7.82. The Bertz CT molecular complexity index is 1140. The number of methoxy groups -OCH3 is 1. The summed E-state index contributed by atoms with van der Waals surface area (Å²) in [6, 6.07) is 2.62. The van der Waals surface area contributed by atoms with Gasteiger partial charge in [-0.1, -0.05) is 13.0 Å². The summed E-state index contributed by atoms with van der Waals surface area (Å²) in [5, 5.41) is 2.06. The van der Waals surface area contributed by atoms with E-state index in [1.54, 1.807) is 0 Å². The molecule has 34 heavy (non-hydrogen) atoms. The fourth-order valence-electron chi connectivity index (χ4n) is 3.96. The Kier molecular flexibility index (Phi) is 6.53. The van der Waals surface area contributed by atoms with E-state index in [-0.39, 0.29) is 5.56 Å². The summed E-state index contributed by atoms with van der Waals surface area (Å²) in [4.78, 5) is 27.8. The fraction of sp³-hybridized carbons (Fsp3) is 0.381. The molecular weight excluding hydrogens is 472 g/mol. The van der Waals surface area contributed by atoms with Gasteiger partial charge in [0.15, 0.2) is 28.7 Å². The first kappa shape index (κ1) is 25.3. The smallest absolute Gasteiger partial charge is 0.417 e. The first-order chi connectivity index (χ1) is 15.7. The van der Waals surface area contributed by atoms with Crippen LogP contribution in [0.3, 0.4) is 0 Å². The molecule has 1 aliphatic heterocycles. The normalized spacial score (nSPS) is 24.7. The average molecular weight is 491 g/mol. The number of rotatable bonds is 5. The number of alkyl halides is 3. The molecule has 0 saturated carbocycles. The van der Waals surface area contributed by atoms with Gasteiger partial charge in [-0.15, -0.1) is 0 Å². The van der Waals surface area contributed by atoms with Gasteiger partial charge < -0.3 is 20.5 Å². The Morgan fingerprint density at radius 3 is 2.38 bits per heavy atom. The monoisotopic (exact) mass is 491 g/mol.